The maximum Gasteiger partial charge on any atom is 0.306 e. The second-order valence-corrected chi connectivity index (χ2v) is 23.6. The topological polar surface area (TPSA) is 175 Å². The monoisotopic (exact) mass is 1170 g/mol. The number of esters is 1. The third-order valence-electron chi connectivity index (χ3n) is 15.9. The minimum Gasteiger partial charge on any atom is -0.454 e. The van der Waals surface area contributed by atoms with Gasteiger partial charge in [-0.1, -0.05) is 305 Å². The maximum atomic E-state index is 13.4. The van der Waals surface area contributed by atoms with Gasteiger partial charge in [-0.15, -0.1) is 0 Å². The lowest BCUT2D eigenvalue weighted by Gasteiger charge is -2.41. The molecule has 0 radical (unpaired) electrons. The van der Waals surface area contributed by atoms with E-state index in [1.807, 2.05) is 60.8 Å². The average Bonchev–Trinajstić information content (AvgIpc) is 3.51. The van der Waals surface area contributed by atoms with Crippen LogP contribution in [-0.4, -0.2) is 99.6 Å². The fraction of sp³-hybridized carbons (Fsp3) is 0.778. The number of carbonyl (C=O) groups is 2. The van der Waals surface area contributed by atoms with Crippen molar-refractivity contribution in [3.63, 3.8) is 0 Å². The van der Waals surface area contributed by atoms with Crippen molar-refractivity contribution in [3.05, 3.63) is 85.1 Å². The van der Waals surface area contributed by atoms with Crippen LogP contribution in [0.5, 0.6) is 0 Å². The Kier molecular flexibility index (Phi) is 55.5. The van der Waals surface area contributed by atoms with Crippen LogP contribution in [0.4, 0.5) is 0 Å². The Hall–Kier alpha value is -3.16. The molecule has 480 valence electrons. The summed E-state index contributed by atoms with van der Waals surface area (Å²) in [5.41, 5.74) is 0. The van der Waals surface area contributed by atoms with Crippen molar-refractivity contribution >= 4 is 11.9 Å². The van der Waals surface area contributed by atoms with Crippen LogP contribution < -0.4 is 5.32 Å². The van der Waals surface area contributed by atoms with E-state index in [4.69, 9.17) is 14.2 Å². The number of nitrogens with one attached hydrogen (secondary N) is 1. The van der Waals surface area contributed by atoms with Crippen LogP contribution >= 0.6 is 0 Å². The van der Waals surface area contributed by atoms with Crippen LogP contribution in [0.3, 0.4) is 0 Å². The van der Waals surface area contributed by atoms with Crippen molar-refractivity contribution in [1.82, 2.24) is 5.32 Å². The number of rotatable bonds is 58. The third kappa shape index (κ3) is 46.7. The van der Waals surface area contributed by atoms with Gasteiger partial charge in [0.15, 0.2) is 12.4 Å². The molecule has 0 aromatic heterocycles. The fourth-order valence-electron chi connectivity index (χ4n) is 10.5. The molecule has 11 nitrogen and oxygen atoms in total. The summed E-state index contributed by atoms with van der Waals surface area (Å²) in [5, 5.41) is 57.1. The van der Waals surface area contributed by atoms with Gasteiger partial charge in [0.2, 0.25) is 5.91 Å². The molecule has 83 heavy (non-hydrogen) atoms. The number of hydrogen-bond donors (Lipinski definition) is 6. The third-order valence-corrected chi connectivity index (χ3v) is 15.9. The molecular weight excluding hydrogens is 1040 g/mol. The smallest absolute Gasteiger partial charge is 0.306 e. The lowest BCUT2D eigenvalue weighted by Crippen LogP contribution is -2.61. The van der Waals surface area contributed by atoms with E-state index in [0.717, 1.165) is 64.2 Å². The number of carbonyl (C=O) groups excluding carboxylic acids is 2. The molecule has 1 aliphatic rings. The molecule has 8 unspecified atom stereocenters. The molecule has 6 N–H and O–H groups in total. The fourth-order valence-corrected chi connectivity index (χ4v) is 10.5. The van der Waals surface area contributed by atoms with Crippen LogP contribution in [0.2, 0.25) is 0 Å². The van der Waals surface area contributed by atoms with Gasteiger partial charge < -0.3 is 45.1 Å². The Balaban J connectivity index is 2.57. The van der Waals surface area contributed by atoms with E-state index in [2.05, 4.69) is 44.3 Å². The van der Waals surface area contributed by atoms with Gasteiger partial charge in [-0.3, -0.25) is 9.59 Å². The van der Waals surface area contributed by atoms with E-state index in [1.165, 1.54) is 186 Å². The van der Waals surface area contributed by atoms with Crippen LogP contribution in [0.15, 0.2) is 85.1 Å². The molecule has 1 fully saturated rings. The Morgan fingerprint density at radius 3 is 1.34 bits per heavy atom. The van der Waals surface area contributed by atoms with Gasteiger partial charge in [0, 0.05) is 6.42 Å². The predicted octanol–water partition coefficient (Wildman–Crippen LogP) is 17.3. The van der Waals surface area contributed by atoms with Crippen LogP contribution in [-0.2, 0) is 23.8 Å². The molecule has 0 saturated carbocycles. The zero-order valence-electron chi connectivity index (χ0n) is 53.3. The van der Waals surface area contributed by atoms with Gasteiger partial charge in [-0.2, -0.15) is 0 Å². The lowest BCUT2D eigenvalue weighted by atomic mass is 9.99. The minimum atomic E-state index is -1.62. The first kappa shape index (κ1) is 77.9. The summed E-state index contributed by atoms with van der Waals surface area (Å²) >= 11 is 0. The number of amides is 1. The van der Waals surface area contributed by atoms with Crippen LogP contribution in [0.1, 0.15) is 297 Å². The molecule has 0 aromatic rings. The van der Waals surface area contributed by atoms with E-state index >= 15 is 0 Å². The summed E-state index contributed by atoms with van der Waals surface area (Å²) in [7, 11) is 0. The van der Waals surface area contributed by atoms with Gasteiger partial charge in [-0.25, -0.2) is 0 Å². The largest absolute Gasteiger partial charge is 0.454 e. The molecular formula is C72H127NO10. The second-order valence-electron chi connectivity index (χ2n) is 23.6. The molecule has 0 aromatic carbocycles. The highest BCUT2D eigenvalue weighted by atomic mass is 16.7. The van der Waals surface area contributed by atoms with E-state index < -0.39 is 67.4 Å². The minimum absolute atomic E-state index is 0.117. The van der Waals surface area contributed by atoms with Crippen molar-refractivity contribution < 1.29 is 49.3 Å². The van der Waals surface area contributed by atoms with Gasteiger partial charge in [0.05, 0.1) is 25.4 Å². The molecule has 1 heterocycles. The highest BCUT2D eigenvalue weighted by Crippen LogP contribution is 2.26. The van der Waals surface area contributed by atoms with Gasteiger partial charge in [0.25, 0.3) is 0 Å². The van der Waals surface area contributed by atoms with Gasteiger partial charge >= 0.3 is 5.97 Å². The van der Waals surface area contributed by atoms with Crippen molar-refractivity contribution in [2.75, 3.05) is 13.2 Å². The van der Waals surface area contributed by atoms with Crippen molar-refractivity contribution in [1.29, 1.82) is 0 Å². The Labute approximate surface area is 508 Å². The molecule has 11 heteroatoms. The summed E-state index contributed by atoms with van der Waals surface area (Å²) in [6.45, 7) is 5.64. The van der Waals surface area contributed by atoms with Gasteiger partial charge in [-0.05, 0) is 70.6 Å². The standard InChI is InChI=1S/C72H127NO10/c1-4-7-10-13-16-19-22-25-27-28-29-30-31-32-33-34-35-36-37-38-39-42-45-48-51-54-57-60-67(77)83-70-69(79)68(78)66(61-74)82-72(70)81-62-63(64(75)58-55-52-49-46-43-40-24-21-18-15-12-9-6-3)73-71(80)65(76)59-56-53-50-47-44-41-26-23-20-17-14-11-8-5-2/h8,11,14,17,20,23,25-27,41,44,47,55,58,63-66,68-70,72,74-76,78-79H,4-7,9-10,12-13,15-16,18-19,21-22,24,28-40,42-43,45-46,48-54,56-57,59-62H2,1-3H3,(H,73,80)/b11-8+,17-14+,23-20-,27-25+,41-26-,47-44+,58-55+. The summed E-state index contributed by atoms with van der Waals surface area (Å²) in [6, 6.07) is -1.05. The van der Waals surface area contributed by atoms with E-state index in [0.29, 0.717) is 12.8 Å². The molecule has 1 saturated heterocycles. The summed E-state index contributed by atoms with van der Waals surface area (Å²) in [4.78, 5) is 26.6. The predicted molar refractivity (Wildman–Crippen MR) is 347 cm³/mol. The normalized spacial score (nSPS) is 19.1. The zero-order chi connectivity index (χ0) is 60.3. The van der Waals surface area contributed by atoms with Crippen LogP contribution in [0, 0.1) is 0 Å². The van der Waals surface area contributed by atoms with E-state index in [1.54, 1.807) is 6.08 Å². The first-order valence-electron chi connectivity index (χ1n) is 34.4. The molecule has 1 aliphatic heterocycles. The van der Waals surface area contributed by atoms with Gasteiger partial charge in [0.1, 0.15) is 24.4 Å². The molecule has 0 aliphatic carbocycles. The van der Waals surface area contributed by atoms with Crippen molar-refractivity contribution in [2.45, 2.75) is 346 Å². The highest BCUT2D eigenvalue weighted by molar-refractivity contribution is 5.80. The Bertz CT molecular complexity index is 1670. The Morgan fingerprint density at radius 2 is 0.880 bits per heavy atom. The highest BCUT2D eigenvalue weighted by Gasteiger charge is 2.47. The SMILES string of the molecule is CC/C=C/C=C/C=C\C=C/C=C/CCCCC(O)C(=O)NC(COC1OC(CO)C(O)C(O)C1OC(=O)CCCCCCCCCCCCCCCCCCC/C=C/CCCCCCCC)C(O)/C=C/CCCCCCCCCCCCC. The van der Waals surface area contributed by atoms with E-state index in [-0.39, 0.29) is 19.4 Å². The summed E-state index contributed by atoms with van der Waals surface area (Å²) in [5.74, 6) is -1.23. The molecule has 1 rings (SSSR count). The maximum absolute atomic E-state index is 13.4. The second kappa shape index (κ2) is 59.2. The first-order chi connectivity index (χ1) is 40.7. The molecule has 8 atom stereocenters. The van der Waals surface area contributed by atoms with Crippen LogP contribution in [0.25, 0.3) is 0 Å². The quantitative estimate of drug-likeness (QED) is 0.0149. The van der Waals surface area contributed by atoms with E-state index in [9.17, 15) is 35.1 Å². The summed E-state index contributed by atoms with van der Waals surface area (Å²) in [6.07, 6.45) is 67.8. The number of aliphatic hydroxyl groups is 5. The van der Waals surface area contributed by atoms with Crippen molar-refractivity contribution in [2.24, 2.45) is 0 Å². The average molecular weight is 1170 g/mol. The Morgan fingerprint density at radius 1 is 0.482 bits per heavy atom. The lowest BCUT2D eigenvalue weighted by molar-refractivity contribution is -0.305. The number of hydrogen-bond acceptors (Lipinski definition) is 10. The zero-order valence-corrected chi connectivity index (χ0v) is 53.3. The summed E-state index contributed by atoms with van der Waals surface area (Å²) < 4.78 is 17.7. The number of ether oxygens (including phenoxy) is 3. The number of aliphatic hydroxyl groups excluding tert-OH is 5. The number of allylic oxidation sites excluding steroid dienone is 13. The first-order valence-corrected chi connectivity index (χ1v) is 34.4. The van der Waals surface area contributed by atoms with Crippen molar-refractivity contribution in [3.8, 4) is 0 Å². The molecule has 1 amide bonds. The molecule has 0 spiro atoms. The molecule has 0 bridgehead atoms. The number of unbranched alkanes of at least 4 members (excludes halogenated alkanes) is 36.